The van der Waals surface area contributed by atoms with Gasteiger partial charge in [0.1, 0.15) is 0 Å². The van der Waals surface area contributed by atoms with E-state index in [9.17, 15) is 4.79 Å². The maximum atomic E-state index is 10.8. The number of carbonyl (C=O) groups is 1. The number of methoxy groups -OCH3 is 1. The van der Waals surface area contributed by atoms with Gasteiger partial charge < -0.3 is 14.6 Å². The Kier molecular flexibility index (Phi) is 5.42. The molecule has 0 spiro atoms. The highest BCUT2D eigenvalue weighted by molar-refractivity contribution is 5.87. The molecule has 18 heavy (non-hydrogen) atoms. The second kappa shape index (κ2) is 6.83. The molecule has 100 valence electrons. The molecule has 1 heterocycles. The summed E-state index contributed by atoms with van der Waals surface area (Å²) in [5.74, 6) is 0.280. The van der Waals surface area contributed by atoms with Gasteiger partial charge in [0.15, 0.2) is 5.75 Å². The fourth-order valence-corrected chi connectivity index (χ4v) is 1.48. The van der Waals surface area contributed by atoms with Gasteiger partial charge in [-0.15, -0.1) is 0 Å². The van der Waals surface area contributed by atoms with Crippen LogP contribution in [0.25, 0.3) is 0 Å². The average molecular weight is 253 g/mol. The third-order valence-corrected chi connectivity index (χ3v) is 2.44. The fourth-order valence-electron chi connectivity index (χ4n) is 1.48. The molecule has 0 aliphatic heterocycles. The normalized spacial score (nSPS) is 10.4. The van der Waals surface area contributed by atoms with E-state index in [2.05, 4.69) is 18.8 Å². The molecule has 0 aliphatic carbocycles. The molecule has 1 rings (SSSR count). The van der Waals surface area contributed by atoms with Crippen LogP contribution in [0.3, 0.4) is 0 Å². The topological polar surface area (TPSA) is 68.7 Å². The van der Waals surface area contributed by atoms with E-state index in [1.165, 1.54) is 19.4 Å². The van der Waals surface area contributed by atoms with Crippen molar-refractivity contribution < 1.29 is 19.4 Å². The minimum absolute atomic E-state index is 0.0923. The minimum atomic E-state index is -1.03. The van der Waals surface area contributed by atoms with Crippen LogP contribution >= 0.6 is 0 Å². The molecule has 0 atom stereocenters. The standard InChI is InChI=1S/C13H19NO4/c1-9(2)5-4-6-18-11-7-10(13(15)16)8-14-12(11)17-3/h7-9H,4-6H2,1-3H3,(H,15,16). The minimum Gasteiger partial charge on any atom is -0.488 e. The molecule has 1 aromatic heterocycles. The van der Waals surface area contributed by atoms with Crippen molar-refractivity contribution in [3.63, 3.8) is 0 Å². The van der Waals surface area contributed by atoms with Crippen molar-refractivity contribution in [3.05, 3.63) is 17.8 Å². The van der Waals surface area contributed by atoms with E-state index in [-0.39, 0.29) is 5.56 Å². The van der Waals surface area contributed by atoms with Crippen molar-refractivity contribution >= 4 is 5.97 Å². The Bertz CT molecular complexity index is 404. The Balaban J connectivity index is 2.66. The Morgan fingerprint density at radius 2 is 2.22 bits per heavy atom. The number of hydrogen-bond acceptors (Lipinski definition) is 4. The second-order valence-corrected chi connectivity index (χ2v) is 4.42. The molecule has 0 amide bonds. The van der Waals surface area contributed by atoms with E-state index in [4.69, 9.17) is 14.6 Å². The summed E-state index contributed by atoms with van der Waals surface area (Å²) in [4.78, 5) is 14.7. The average Bonchev–Trinajstić information content (AvgIpc) is 2.34. The van der Waals surface area contributed by atoms with E-state index in [1.54, 1.807) is 0 Å². The molecule has 0 saturated heterocycles. The van der Waals surface area contributed by atoms with Crippen molar-refractivity contribution in [2.75, 3.05) is 13.7 Å². The Morgan fingerprint density at radius 3 is 2.78 bits per heavy atom. The molecule has 0 fully saturated rings. The van der Waals surface area contributed by atoms with E-state index >= 15 is 0 Å². The van der Waals surface area contributed by atoms with Gasteiger partial charge in [0.25, 0.3) is 5.88 Å². The lowest BCUT2D eigenvalue weighted by atomic mass is 10.1. The van der Waals surface area contributed by atoms with Crippen LogP contribution < -0.4 is 9.47 Å². The van der Waals surface area contributed by atoms with Crippen molar-refractivity contribution in [1.29, 1.82) is 0 Å². The number of carboxylic acid groups (broad SMARTS) is 1. The van der Waals surface area contributed by atoms with Crippen molar-refractivity contribution in [3.8, 4) is 11.6 Å². The van der Waals surface area contributed by atoms with Gasteiger partial charge in [0.2, 0.25) is 0 Å². The Labute approximate surface area is 107 Å². The van der Waals surface area contributed by atoms with Crippen LogP contribution in [-0.4, -0.2) is 29.8 Å². The first-order chi connectivity index (χ1) is 8.54. The summed E-state index contributed by atoms with van der Waals surface area (Å²) in [5, 5.41) is 8.88. The van der Waals surface area contributed by atoms with Gasteiger partial charge in [0.05, 0.1) is 19.3 Å². The zero-order valence-electron chi connectivity index (χ0n) is 11.0. The number of aromatic nitrogens is 1. The molecule has 1 aromatic rings. The maximum absolute atomic E-state index is 10.8. The molecule has 0 radical (unpaired) electrons. The van der Waals surface area contributed by atoms with Gasteiger partial charge >= 0.3 is 5.97 Å². The van der Waals surface area contributed by atoms with Gasteiger partial charge in [-0.1, -0.05) is 13.8 Å². The number of rotatable bonds is 7. The highest BCUT2D eigenvalue weighted by Crippen LogP contribution is 2.25. The van der Waals surface area contributed by atoms with Crippen molar-refractivity contribution in [2.24, 2.45) is 5.92 Å². The third-order valence-electron chi connectivity index (χ3n) is 2.44. The first-order valence-electron chi connectivity index (χ1n) is 5.94. The summed E-state index contributed by atoms with van der Waals surface area (Å²) in [6.07, 6.45) is 3.23. The summed E-state index contributed by atoms with van der Waals surface area (Å²) < 4.78 is 10.5. The van der Waals surface area contributed by atoms with Crippen molar-refractivity contribution in [1.82, 2.24) is 4.98 Å². The molecule has 0 unspecified atom stereocenters. The first kappa shape index (κ1) is 14.3. The van der Waals surface area contributed by atoms with Gasteiger partial charge in [0, 0.05) is 12.3 Å². The predicted octanol–water partition coefficient (Wildman–Crippen LogP) is 2.60. The molecule has 0 saturated carbocycles. The zero-order valence-corrected chi connectivity index (χ0v) is 11.0. The van der Waals surface area contributed by atoms with Crippen LogP contribution in [0.15, 0.2) is 12.3 Å². The monoisotopic (exact) mass is 253 g/mol. The molecule has 5 nitrogen and oxygen atoms in total. The summed E-state index contributed by atoms with van der Waals surface area (Å²) in [6.45, 7) is 4.82. The molecule has 0 bridgehead atoms. The van der Waals surface area contributed by atoms with Gasteiger partial charge in [-0.05, 0) is 18.8 Å². The number of carboxylic acids is 1. The first-order valence-corrected chi connectivity index (χ1v) is 5.94. The lowest BCUT2D eigenvalue weighted by Gasteiger charge is -2.10. The molecule has 5 heteroatoms. The van der Waals surface area contributed by atoms with Crippen LogP contribution in [0.1, 0.15) is 37.0 Å². The highest BCUT2D eigenvalue weighted by atomic mass is 16.5. The zero-order chi connectivity index (χ0) is 13.5. The van der Waals surface area contributed by atoms with Gasteiger partial charge in [-0.2, -0.15) is 0 Å². The van der Waals surface area contributed by atoms with Crippen LogP contribution in [0.2, 0.25) is 0 Å². The summed E-state index contributed by atoms with van der Waals surface area (Å²) in [6, 6.07) is 1.43. The van der Waals surface area contributed by atoms with E-state index in [0.29, 0.717) is 24.2 Å². The lowest BCUT2D eigenvalue weighted by Crippen LogP contribution is -2.04. The molecule has 1 N–H and O–H groups in total. The van der Waals surface area contributed by atoms with Crippen LogP contribution in [0.5, 0.6) is 11.6 Å². The summed E-state index contributed by atoms with van der Waals surface area (Å²) in [5.41, 5.74) is 0.0923. The number of ether oxygens (including phenoxy) is 2. The van der Waals surface area contributed by atoms with Gasteiger partial charge in [-0.3, -0.25) is 0 Å². The largest absolute Gasteiger partial charge is 0.488 e. The van der Waals surface area contributed by atoms with Crippen LogP contribution in [0.4, 0.5) is 0 Å². The highest BCUT2D eigenvalue weighted by Gasteiger charge is 2.11. The number of aromatic carboxylic acids is 1. The molecular formula is C13H19NO4. The molecular weight excluding hydrogens is 234 g/mol. The Hall–Kier alpha value is -1.78. The smallest absolute Gasteiger partial charge is 0.337 e. The fraction of sp³-hybridized carbons (Fsp3) is 0.538. The SMILES string of the molecule is COc1ncc(C(=O)O)cc1OCCCC(C)C. The number of hydrogen-bond donors (Lipinski definition) is 1. The van der Waals surface area contributed by atoms with E-state index < -0.39 is 5.97 Å². The summed E-state index contributed by atoms with van der Waals surface area (Å²) in [7, 11) is 1.48. The second-order valence-electron chi connectivity index (χ2n) is 4.42. The van der Waals surface area contributed by atoms with E-state index in [1.807, 2.05) is 0 Å². The van der Waals surface area contributed by atoms with Crippen LogP contribution in [0, 0.1) is 5.92 Å². The molecule has 0 aromatic carbocycles. The quantitative estimate of drug-likeness (QED) is 0.756. The third kappa shape index (κ3) is 4.24. The predicted molar refractivity (Wildman–Crippen MR) is 67.3 cm³/mol. The van der Waals surface area contributed by atoms with Crippen molar-refractivity contribution in [2.45, 2.75) is 26.7 Å². The Morgan fingerprint density at radius 1 is 1.50 bits per heavy atom. The maximum Gasteiger partial charge on any atom is 0.337 e. The van der Waals surface area contributed by atoms with Gasteiger partial charge in [-0.25, -0.2) is 9.78 Å². The number of nitrogens with zero attached hydrogens (tertiary/aromatic N) is 1. The molecule has 0 aliphatic rings. The summed E-state index contributed by atoms with van der Waals surface area (Å²) >= 11 is 0. The van der Waals surface area contributed by atoms with Crippen LogP contribution in [-0.2, 0) is 0 Å². The lowest BCUT2D eigenvalue weighted by molar-refractivity contribution is 0.0695. The number of pyridine rings is 1. The van der Waals surface area contributed by atoms with E-state index in [0.717, 1.165) is 12.8 Å².